The summed E-state index contributed by atoms with van der Waals surface area (Å²) in [4.78, 5) is 0. The minimum Gasteiger partial charge on any atom is -0.0622 e. The molecule has 2 aromatic rings. The van der Waals surface area contributed by atoms with Crippen LogP contribution >= 0.6 is 0 Å². The minimum atomic E-state index is 1.24. The van der Waals surface area contributed by atoms with Crippen LogP contribution in [0.1, 0.15) is 30.5 Å². The average molecular weight is 248 g/mol. The Morgan fingerprint density at radius 2 is 1.47 bits per heavy atom. The molecule has 0 aliphatic heterocycles. The second-order valence-electron chi connectivity index (χ2n) is 4.87. The molecule has 0 saturated heterocycles. The van der Waals surface area contributed by atoms with Crippen LogP contribution in [0.5, 0.6) is 0 Å². The SMILES string of the molecule is CC(/C=C\c1ccccc1)=C(/C)c1ccccc1C. The number of benzene rings is 2. The average Bonchev–Trinajstić information content (AvgIpc) is 2.45. The van der Waals surface area contributed by atoms with Crippen LogP contribution in [-0.4, -0.2) is 0 Å². The van der Waals surface area contributed by atoms with Crippen LogP contribution in [0.25, 0.3) is 11.6 Å². The van der Waals surface area contributed by atoms with Gasteiger partial charge >= 0.3 is 0 Å². The number of allylic oxidation sites excluding steroid dienone is 3. The second kappa shape index (κ2) is 6.19. The fourth-order valence-corrected chi connectivity index (χ4v) is 2.12. The number of rotatable bonds is 3. The van der Waals surface area contributed by atoms with Crippen LogP contribution in [-0.2, 0) is 0 Å². The standard InChI is InChI=1S/C19H20/c1-15(13-14-18-10-5-4-6-11-18)17(3)19-12-8-7-9-16(19)2/h4-14H,1-3H3/b14-13-,17-15+. The maximum Gasteiger partial charge on any atom is -0.0195 e. The molecule has 0 spiro atoms. The van der Waals surface area contributed by atoms with Gasteiger partial charge in [0.05, 0.1) is 0 Å². The largest absolute Gasteiger partial charge is 0.0622 e. The summed E-state index contributed by atoms with van der Waals surface area (Å²) in [6.07, 6.45) is 4.36. The molecule has 0 bridgehead atoms. The smallest absolute Gasteiger partial charge is 0.0195 e. The highest BCUT2D eigenvalue weighted by molar-refractivity contribution is 5.72. The number of hydrogen-bond acceptors (Lipinski definition) is 0. The molecule has 0 heteroatoms. The van der Waals surface area contributed by atoms with E-state index in [0.29, 0.717) is 0 Å². The lowest BCUT2D eigenvalue weighted by Gasteiger charge is -2.08. The van der Waals surface area contributed by atoms with Gasteiger partial charge in [-0.2, -0.15) is 0 Å². The first kappa shape index (κ1) is 13.4. The number of aryl methyl sites for hydroxylation is 1. The predicted octanol–water partition coefficient (Wildman–Crippen LogP) is 5.50. The molecule has 96 valence electrons. The van der Waals surface area contributed by atoms with Gasteiger partial charge in [-0.15, -0.1) is 0 Å². The summed E-state index contributed by atoms with van der Waals surface area (Å²) in [6.45, 7) is 6.52. The molecule has 19 heavy (non-hydrogen) atoms. The first-order valence-electron chi connectivity index (χ1n) is 6.65. The van der Waals surface area contributed by atoms with E-state index in [1.807, 2.05) is 6.07 Å². The monoisotopic (exact) mass is 248 g/mol. The van der Waals surface area contributed by atoms with Gasteiger partial charge in [0.2, 0.25) is 0 Å². The minimum absolute atomic E-state index is 1.24. The Kier molecular flexibility index (Phi) is 4.35. The van der Waals surface area contributed by atoms with Crippen molar-refractivity contribution in [1.82, 2.24) is 0 Å². The van der Waals surface area contributed by atoms with Crippen LogP contribution in [0.3, 0.4) is 0 Å². The van der Waals surface area contributed by atoms with Crippen LogP contribution in [0.4, 0.5) is 0 Å². The van der Waals surface area contributed by atoms with Gasteiger partial charge in [0.25, 0.3) is 0 Å². The summed E-state index contributed by atoms with van der Waals surface area (Å²) in [5, 5.41) is 0. The van der Waals surface area contributed by atoms with E-state index in [2.05, 4.69) is 81.5 Å². The van der Waals surface area contributed by atoms with Gasteiger partial charge < -0.3 is 0 Å². The summed E-state index contributed by atoms with van der Waals surface area (Å²) < 4.78 is 0. The van der Waals surface area contributed by atoms with Crippen molar-refractivity contribution in [2.75, 3.05) is 0 Å². The normalized spacial score (nSPS) is 12.6. The highest BCUT2D eigenvalue weighted by Gasteiger charge is 2.01. The van der Waals surface area contributed by atoms with Gasteiger partial charge in [0, 0.05) is 0 Å². The zero-order valence-electron chi connectivity index (χ0n) is 11.9. The predicted molar refractivity (Wildman–Crippen MR) is 84.9 cm³/mol. The Hall–Kier alpha value is -2.08. The molecule has 0 N–H and O–H groups in total. The van der Waals surface area contributed by atoms with E-state index in [1.54, 1.807) is 0 Å². The van der Waals surface area contributed by atoms with E-state index in [0.717, 1.165) is 0 Å². The van der Waals surface area contributed by atoms with Crippen molar-refractivity contribution in [1.29, 1.82) is 0 Å². The van der Waals surface area contributed by atoms with Crippen molar-refractivity contribution in [2.45, 2.75) is 20.8 Å². The van der Waals surface area contributed by atoms with Crippen molar-refractivity contribution >= 4 is 11.6 Å². The molecule has 0 saturated carbocycles. The fraction of sp³-hybridized carbons (Fsp3) is 0.158. The molecule has 0 nitrogen and oxygen atoms in total. The first-order chi connectivity index (χ1) is 9.18. The molecule has 0 heterocycles. The highest BCUT2D eigenvalue weighted by Crippen LogP contribution is 2.22. The third-order valence-electron chi connectivity index (χ3n) is 3.47. The van der Waals surface area contributed by atoms with Gasteiger partial charge in [-0.3, -0.25) is 0 Å². The maximum absolute atomic E-state index is 2.19. The fourth-order valence-electron chi connectivity index (χ4n) is 2.12. The highest BCUT2D eigenvalue weighted by atomic mass is 14.1. The summed E-state index contributed by atoms with van der Waals surface area (Å²) in [7, 11) is 0. The third-order valence-corrected chi connectivity index (χ3v) is 3.47. The number of hydrogen-bond donors (Lipinski definition) is 0. The Labute approximate surface area is 116 Å². The quantitative estimate of drug-likeness (QED) is 0.629. The summed E-state index contributed by atoms with van der Waals surface area (Å²) >= 11 is 0. The molecule has 0 radical (unpaired) electrons. The molecular weight excluding hydrogens is 228 g/mol. The Balaban J connectivity index is 2.27. The molecule has 0 atom stereocenters. The lowest BCUT2D eigenvalue weighted by molar-refractivity contribution is 1.38. The first-order valence-corrected chi connectivity index (χ1v) is 6.65. The zero-order chi connectivity index (χ0) is 13.7. The van der Waals surface area contributed by atoms with Gasteiger partial charge in [-0.25, -0.2) is 0 Å². The molecular formula is C19H20. The molecule has 2 aromatic carbocycles. The van der Waals surface area contributed by atoms with E-state index in [-0.39, 0.29) is 0 Å². The molecule has 0 fully saturated rings. The summed E-state index contributed by atoms with van der Waals surface area (Å²) in [5.74, 6) is 0. The van der Waals surface area contributed by atoms with Crippen molar-refractivity contribution < 1.29 is 0 Å². The van der Waals surface area contributed by atoms with Crippen molar-refractivity contribution in [3.8, 4) is 0 Å². The molecule has 0 aliphatic rings. The van der Waals surface area contributed by atoms with Crippen LogP contribution < -0.4 is 0 Å². The van der Waals surface area contributed by atoms with E-state index in [4.69, 9.17) is 0 Å². The third kappa shape index (κ3) is 3.45. The molecule has 2 rings (SSSR count). The Bertz CT molecular complexity index is 601. The maximum atomic E-state index is 2.19. The van der Waals surface area contributed by atoms with Crippen molar-refractivity contribution in [3.05, 3.63) is 82.9 Å². The van der Waals surface area contributed by atoms with Crippen molar-refractivity contribution in [2.24, 2.45) is 0 Å². The lowest BCUT2D eigenvalue weighted by atomic mass is 9.97. The van der Waals surface area contributed by atoms with Crippen LogP contribution in [0.15, 0.2) is 66.2 Å². The van der Waals surface area contributed by atoms with Gasteiger partial charge in [0.1, 0.15) is 0 Å². The summed E-state index contributed by atoms with van der Waals surface area (Å²) in [6, 6.07) is 18.9. The van der Waals surface area contributed by atoms with Gasteiger partial charge in [-0.1, -0.05) is 66.7 Å². The summed E-state index contributed by atoms with van der Waals surface area (Å²) in [5.41, 5.74) is 6.54. The van der Waals surface area contributed by atoms with Gasteiger partial charge in [-0.05, 0) is 48.6 Å². The zero-order valence-corrected chi connectivity index (χ0v) is 11.9. The Morgan fingerprint density at radius 3 is 2.16 bits per heavy atom. The molecule has 0 aromatic heterocycles. The second-order valence-corrected chi connectivity index (χ2v) is 4.87. The van der Waals surface area contributed by atoms with E-state index >= 15 is 0 Å². The Morgan fingerprint density at radius 1 is 0.842 bits per heavy atom. The van der Waals surface area contributed by atoms with Crippen molar-refractivity contribution in [3.63, 3.8) is 0 Å². The van der Waals surface area contributed by atoms with E-state index in [1.165, 1.54) is 27.8 Å². The topological polar surface area (TPSA) is 0 Å². The van der Waals surface area contributed by atoms with E-state index in [9.17, 15) is 0 Å². The molecule has 0 unspecified atom stereocenters. The molecule has 0 aliphatic carbocycles. The van der Waals surface area contributed by atoms with Crippen LogP contribution in [0, 0.1) is 6.92 Å². The van der Waals surface area contributed by atoms with E-state index < -0.39 is 0 Å². The lowest BCUT2D eigenvalue weighted by Crippen LogP contribution is -1.87. The van der Waals surface area contributed by atoms with Crippen LogP contribution in [0.2, 0.25) is 0 Å². The molecule has 0 amide bonds. The van der Waals surface area contributed by atoms with Gasteiger partial charge in [0.15, 0.2) is 0 Å².